The lowest BCUT2D eigenvalue weighted by Gasteiger charge is -2.20. The molecule has 0 spiro atoms. The minimum atomic E-state index is -0.375. The molecule has 2 aromatic carbocycles. The standard InChI is InChI=1S/C37H46N10O3/c1-9-44-31(20-23(3)40-44)34(49)38-36-42(7)28-15-11-12-16-29(28)46(36)25(5)18-19-26(6)47-33-27(22-48)14-13-17-30(33)43(8)37(47)39-35(50)32-21-24(4)41-45(32)10-2/h11-17,20-21,25-26,48H,9-10,18-19,22H2,1-8H3/t25-,26+/m0/s1. The SMILES string of the molecule is CCn1nc(C)cc1C(=O)N=c1n(C)c2cccc(CO)c2n1[C@H](C)CC[C@H](C)n1c(=NC(=O)c2cc(C)nn2CC)n(C)c2ccccc21. The second-order valence-corrected chi connectivity index (χ2v) is 13.0. The number of hydrogen-bond acceptors (Lipinski definition) is 5. The summed E-state index contributed by atoms with van der Waals surface area (Å²) in [5.74, 6) is -0.717. The molecule has 0 aliphatic carbocycles. The first-order chi connectivity index (χ1) is 24.0. The summed E-state index contributed by atoms with van der Waals surface area (Å²) >= 11 is 0. The van der Waals surface area contributed by atoms with Crippen molar-refractivity contribution < 1.29 is 14.7 Å². The molecule has 2 amide bonds. The molecule has 2 atom stereocenters. The van der Waals surface area contributed by atoms with Crippen molar-refractivity contribution in [2.75, 3.05) is 0 Å². The number of imidazole rings is 2. The van der Waals surface area contributed by atoms with E-state index < -0.39 is 0 Å². The van der Waals surface area contributed by atoms with Gasteiger partial charge in [-0.05, 0) is 84.7 Å². The van der Waals surface area contributed by atoms with Crippen LogP contribution in [0.15, 0.2) is 64.6 Å². The van der Waals surface area contributed by atoms with Crippen molar-refractivity contribution in [3.8, 4) is 0 Å². The summed E-state index contributed by atoms with van der Waals surface area (Å²) < 4.78 is 11.4. The fourth-order valence-corrected chi connectivity index (χ4v) is 7.02. The Morgan fingerprint density at radius 2 is 1.20 bits per heavy atom. The highest BCUT2D eigenvalue weighted by molar-refractivity contribution is 5.94. The lowest BCUT2D eigenvalue weighted by atomic mass is 10.1. The van der Waals surface area contributed by atoms with Crippen molar-refractivity contribution in [2.45, 2.75) is 86.2 Å². The van der Waals surface area contributed by atoms with Crippen LogP contribution in [0.2, 0.25) is 0 Å². The summed E-state index contributed by atoms with van der Waals surface area (Å²) in [4.78, 5) is 36.6. The van der Waals surface area contributed by atoms with Gasteiger partial charge in [-0.2, -0.15) is 20.2 Å². The number of amides is 2. The van der Waals surface area contributed by atoms with Gasteiger partial charge in [-0.15, -0.1) is 0 Å². The number of carbonyl (C=O) groups excluding carboxylic acids is 2. The van der Waals surface area contributed by atoms with Crippen LogP contribution in [0.25, 0.3) is 22.1 Å². The zero-order valence-corrected chi connectivity index (χ0v) is 30.1. The number of benzene rings is 2. The number of fused-ring (bicyclic) bond motifs is 2. The Labute approximate surface area is 290 Å². The van der Waals surface area contributed by atoms with Gasteiger partial charge in [0.05, 0.1) is 40.1 Å². The Balaban J connectivity index is 1.41. The molecule has 1 N–H and O–H groups in total. The van der Waals surface area contributed by atoms with Crippen LogP contribution in [0.1, 0.15) is 90.5 Å². The van der Waals surface area contributed by atoms with Crippen molar-refractivity contribution in [2.24, 2.45) is 24.1 Å². The third-order valence-electron chi connectivity index (χ3n) is 9.53. The van der Waals surface area contributed by atoms with Crippen LogP contribution >= 0.6 is 0 Å². The van der Waals surface area contributed by atoms with E-state index in [0.29, 0.717) is 42.1 Å². The number of nitrogens with zero attached hydrogens (tertiary/aromatic N) is 10. The summed E-state index contributed by atoms with van der Waals surface area (Å²) in [5.41, 5.74) is 7.88. The zero-order chi connectivity index (χ0) is 35.9. The average Bonchev–Trinajstić information content (AvgIpc) is 3.84. The Kier molecular flexibility index (Phi) is 9.61. The molecular formula is C37H46N10O3. The van der Waals surface area contributed by atoms with Crippen molar-refractivity contribution >= 4 is 33.9 Å². The predicted octanol–water partition coefficient (Wildman–Crippen LogP) is 4.90. The van der Waals surface area contributed by atoms with E-state index in [1.54, 1.807) is 21.5 Å². The van der Waals surface area contributed by atoms with Gasteiger partial charge >= 0.3 is 0 Å². The van der Waals surface area contributed by atoms with Crippen molar-refractivity contribution in [3.05, 3.63) is 94.2 Å². The lowest BCUT2D eigenvalue weighted by Crippen LogP contribution is -2.30. The maximum Gasteiger partial charge on any atom is 0.298 e. The third-order valence-corrected chi connectivity index (χ3v) is 9.53. The monoisotopic (exact) mass is 678 g/mol. The number of para-hydroxylation sites is 3. The van der Waals surface area contributed by atoms with Crippen LogP contribution in [0.3, 0.4) is 0 Å². The van der Waals surface area contributed by atoms with Gasteiger partial charge in [-0.1, -0.05) is 24.3 Å². The second-order valence-electron chi connectivity index (χ2n) is 13.0. The number of aliphatic hydroxyl groups excluding tert-OH is 1. The van der Waals surface area contributed by atoms with Crippen LogP contribution in [-0.2, 0) is 33.8 Å². The minimum absolute atomic E-state index is 0.0512. The maximum atomic E-state index is 13.7. The molecule has 13 heteroatoms. The summed E-state index contributed by atoms with van der Waals surface area (Å²) in [6, 6.07) is 17.2. The highest BCUT2D eigenvalue weighted by Gasteiger charge is 2.23. The molecule has 0 saturated heterocycles. The van der Waals surface area contributed by atoms with Crippen LogP contribution in [-0.4, -0.2) is 54.8 Å². The number of hydrogen-bond donors (Lipinski definition) is 1. The molecule has 0 radical (unpaired) electrons. The molecule has 262 valence electrons. The highest BCUT2D eigenvalue weighted by Crippen LogP contribution is 2.27. The first-order valence-corrected chi connectivity index (χ1v) is 17.2. The normalized spacial score (nSPS) is 13.9. The molecule has 4 heterocycles. The molecule has 50 heavy (non-hydrogen) atoms. The van der Waals surface area contributed by atoms with E-state index in [1.807, 2.05) is 87.3 Å². The average molecular weight is 679 g/mol. The fraction of sp³-hybridized carbons (Fsp3) is 0.405. The smallest absolute Gasteiger partial charge is 0.298 e. The van der Waals surface area contributed by atoms with E-state index in [0.717, 1.165) is 45.4 Å². The van der Waals surface area contributed by atoms with E-state index in [2.05, 4.69) is 49.2 Å². The predicted molar refractivity (Wildman–Crippen MR) is 191 cm³/mol. The molecule has 0 unspecified atom stereocenters. The first-order valence-electron chi connectivity index (χ1n) is 17.2. The van der Waals surface area contributed by atoms with Crippen molar-refractivity contribution in [1.82, 2.24) is 37.8 Å². The van der Waals surface area contributed by atoms with Gasteiger partial charge in [0.25, 0.3) is 11.8 Å². The summed E-state index contributed by atoms with van der Waals surface area (Å²) in [5, 5.41) is 19.3. The number of carbonyl (C=O) groups is 2. The Bertz CT molecular complexity index is 2380. The van der Waals surface area contributed by atoms with E-state index in [4.69, 9.17) is 0 Å². The molecule has 0 aliphatic rings. The Morgan fingerprint density at radius 3 is 1.74 bits per heavy atom. The number of aromatic nitrogens is 8. The van der Waals surface area contributed by atoms with Crippen molar-refractivity contribution in [3.63, 3.8) is 0 Å². The van der Waals surface area contributed by atoms with Gasteiger partial charge in [0, 0.05) is 44.8 Å². The maximum absolute atomic E-state index is 13.7. The van der Waals surface area contributed by atoms with Crippen molar-refractivity contribution in [1.29, 1.82) is 0 Å². The zero-order valence-electron chi connectivity index (χ0n) is 30.1. The highest BCUT2D eigenvalue weighted by atomic mass is 16.3. The molecule has 6 aromatic rings. The van der Waals surface area contributed by atoms with E-state index in [9.17, 15) is 14.7 Å². The number of aliphatic hydroxyl groups is 1. The quantitative estimate of drug-likeness (QED) is 0.220. The molecule has 4 aromatic heterocycles. The second kappa shape index (κ2) is 13.9. The summed E-state index contributed by atoms with van der Waals surface area (Å²) in [7, 11) is 3.83. The van der Waals surface area contributed by atoms with Gasteiger partial charge in [-0.25, -0.2) is 0 Å². The van der Waals surface area contributed by atoms with Crippen LogP contribution in [0, 0.1) is 13.8 Å². The Morgan fingerprint density at radius 1 is 0.720 bits per heavy atom. The van der Waals surface area contributed by atoms with Gasteiger partial charge in [-0.3, -0.25) is 19.0 Å². The largest absolute Gasteiger partial charge is 0.392 e. The molecule has 0 fully saturated rings. The van der Waals surface area contributed by atoms with E-state index >= 15 is 0 Å². The lowest BCUT2D eigenvalue weighted by molar-refractivity contribution is 0.0977. The molecule has 0 aliphatic heterocycles. The van der Waals surface area contributed by atoms with Gasteiger partial charge < -0.3 is 23.4 Å². The molecular weight excluding hydrogens is 632 g/mol. The van der Waals surface area contributed by atoms with Gasteiger partial charge in [0.2, 0.25) is 11.2 Å². The Hall–Kier alpha value is -5.30. The molecule has 0 saturated carbocycles. The first kappa shape index (κ1) is 34.6. The topological polar surface area (TPSA) is 134 Å². The third kappa shape index (κ3) is 6.06. The summed E-state index contributed by atoms with van der Waals surface area (Å²) in [6.07, 6.45) is 1.43. The van der Waals surface area contributed by atoms with Gasteiger partial charge in [0.15, 0.2) is 0 Å². The fourth-order valence-electron chi connectivity index (χ4n) is 7.02. The van der Waals surface area contributed by atoms with E-state index in [-0.39, 0.29) is 30.5 Å². The number of rotatable bonds is 10. The molecule has 6 rings (SSSR count). The van der Waals surface area contributed by atoms with Crippen LogP contribution < -0.4 is 11.2 Å². The van der Waals surface area contributed by atoms with Crippen LogP contribution in [0.4, 0.5) is 0 Å². The van der Waals surface area contributed by atoms with E-state index in [1.165, 1.54) is 0 Å². The molecule has 0 bridgehead atoms. The number of aryl methyl sites for hydroxylation is 6. The summed E-state index contributed by atoms with van der Waals surface area (Å²) in [6.45, 7) is 12.9. The molecule has 13 nitrogen and oxygen atoms in total. The van der Waals surface area contributed by atoms with Crippen LogP contribution in [0.5, 0.6) is 0 Å². The van der Waals surface area contributed by atoms with Gasteiger partial charge in [0.1, 0.15) is 11.4 Å². The minimum Gasteiger partial charge on any atom is -0.392 e.